The van der Waals surface area contributed by atoms with Gasteiger partial charge < -0.3 is 5.11 Å². The number of benzene rings is 1. The van der Waals surface area contributed by atoms with Gasteiger partial charge in [0.05, 0.1) is 16.8 Å². The van der Waals surface area contributed by atoms with Crippen molar-refractivity contribution in [1.29, 1.82) is 0 Å². The quantitative estimate of drug-likeness (QED) is 0.879. The van der Waals surface area contributed by atoms with Crippen LogP contribution in [0.1, 0.15) is 5.56 Å². The SMILES string of the molecule is O=C(O)CSc1ccnc2c(C(F)(F)F)cccc12. The Kier molecular flexibility index (Phi) is 3.66. The first-order chi connectivity index (χ1) is 8.89. The Morgan fingerprint density at radius 3 is 2.68 bits per heavy atom. The highest BCUT2D eigenvalue weighted by molar-refractivity contribution is 8.00. The fraction of sp³-hybridized carbons (Fsp3) is 0.167. The molecule has 19 heavy (non-hydrogen) atoms. The van der Waals surface area contributed by atoms with E-state index in [1.165, 1.54) is 24.4 Å². The highest BCUT2D eigenvalue weighted by atomic mass is 32.2. The molecule has 100 valence electrons. The fourth-order valence-corrected chi connectivity index (χ4v) is 2.40. The number of thioether (sulfide) groups is 1. The lowest BCUT2D eigenvalue weighted by Crippen LogP contribution is -2.06. The zero-order valence-corrected chi connectivity index (χ0v) is 10.3. The summed E-state index contributed by atoms with van der Waals surface area (Å²) in [5.41, 5.74) is -0.979. The summed E-state index contributed by atoms with van der Waals surface area (Å²) in [6.07, 6.45) is -3.23. The summed E-state index contributed by atoms with van der Waals surface area (Å²) in [4.78, 5) is 14.7. The van der Waals surface area contributed by atoms with E-state index < -0.39 is 17.7 Å². The molecule has 0 aliphatic carbocycles. The lowest BCUT2D eigenvalue weighted by molar-refractivity contribution is -0.136. The maximum Gasteiger partial charge on any atom is 0.418 e. The van der Waals surface area contributed by atoms with Crippen molar-refractivity contribution in [2.75, 3.05) is 5.75 Å². The lowest BCUT2D eigenvalue weighted by Gasteiger charge is -2.11. The Morgan fingerprint density at radius 2 is 2.05 bits per heavy atom. The first kappa shape index (κ1) is 13.7. The molecule has 0 saturated heterocycles. The minimum Gasteiger partial charge on any atom is -0.481 e. The van der Waals surface area contributed by atoms with E-state index in [9.17, 15) is 18.0 Å². The van der Waals surface area contributed by atoms with Crippen molar-refractivity contribution in [3.63, 3.8) is 0 Å². The minimum atomic E-state index is -4.48. The van der Waals surface area contributed by atoms with Crippen LogP contribution in [-0.4, -0.2) is 21.8 Å². The summed E-state index contributed by atoms with van der Waals surface area (Å²) in [5.74, 6) is -1.24. The number of carboxylic acid groups (broad SMARTS) is 1. The number of aliphatic carboxylic acids is 1. The van der Waals surface area contributed by atoms with Crippen molar-refractivity contribution < 1.29 is 23.1 Å². The summed E-state index contributed by atoms with van der Waals surface area (Å²) in [5, 5.41) is 8.92. The van der Waals surface area contributed by atoms with E-state index in [0.29, 0.717) is 10.3 Å². The molecule has 1 heterocycles. The molecule has 1 aromatic heterocycles. The topological polar surface area (TPSA) is 50.2 Å². The first-order valence-corrected chi connectivity index (χ1v) is 6.17. The minimum absolute atomic E-state index is 0.162. The van der Waals surface area contributed by atoms with Gasteiger partial charge in [-0.2, -0.15) is 13.2 Å². The van der Waals surface area contributed by atoms with Gasteiger partial charge in [0.25, 0.3) is 0 Å². The molecule has 0 fully saturated rings. The van der Waals surface area contributed by atoms with Crippen LogP contribution in [0.2, 0.25) is 0 Å². The van der Waals surface area contributed by atoms with E-state index in [-0.39, 0.29) is 11.3 Å². The lowest BCUT2D eigenvalue weighted by atomic mass is 10.1. The van der Waals surface area contributed by atoms with Crippen LogP contribution in [0.15, 0.2) is 35.4 Å². The van der Waals surface area contributed by atoms with Crippen LogP contribution in [0, 0.1) is 0 Å². The molecule has 0 bridgehead atoms. The monoisotopic (exact) mass is 287 g/mol. The Bertz CT molecular complexity index is 628. The number of alkyl halides is 3. The molecule has 0 saturated carbocycles. The van der Waals surface area contributed by atoms with Gasteiger partial charge in [0, 0.05) is 16.5 Å². The van der Waals surface area contributed by atoms with Crippen LogP contribution >= 0.6 is 11.8 Å². The Morgan fingerprint density at radius 1 is 1.32 bits per heavy atom. The van der Waals surface area contributed by atoms with Crippen molar-refractivity contribution in [2.45, 2.75) is 11.1 Å². The van der Waals surface area contributed by atoms with Crippen molar-refractivity contribution in [2.24, 2.45) is 0 Å². The molecule has 3 nitrogen and oxygen atoms in total. The number of fused-ring (bicyclic) bond motifs is 1. The van der Waals surface area contributed by atoms with Crippen LogP contribution in [0.5, 0.6) is 0 Å². The second-order valence-electron chi connectivity index (χ2n) is 3.69. The number of rotatable bonds is 3. The van der Waals surface area contributed by atoms with Crippen molar-refractivity contribution >= 4 is 28.6 Å². The maximum atomic E-state index is 12.8. The summed E-state index contributed by atoms with van der Waals surface area (Å²) in [7, 11) is 0. The van der Waals surface area contributed by atoms with Gasteiger partial charge in [0.2, 0.25) is 0 Å². The molecule has 0 unspecified atom stereocenters. The molecule has 0 aliphatic heterocycles. The zero-order valence-electron chi connectivity index (χ0n) is 9.44. The maximum absolute atomic E-state index is 12.8. The third-order valence-corrected chi connectivity index (χ3v) is 3.45. The normalized spacial score (nSPS) is 11.7. The molecule has 1 aromatic carbocycles. The van der Waals surface area contributed by atoms with Crippen LogP contribution in [0.3, 0.4) is 0 Å². The Labute approximate surface area is 110 Å². The average Bonchev–Trinajstić information content (AvgIpc) is 2.34. The van der Waals surface area contributed by atoms with Crippen molar-refractivity contribution in [3.8, 4) is 0 Å². The van der Waals surface area contributed by atoms with E-state index in [1.807, 2.05) is 0 Å². The largest absolute Gasteiger partial charge is 0.481 e. The fourth-order valence-electron chi connectivity index (χ4n) is 1.64. The van der Waals surface area contributed by atoms with Gasteiger partial charge in [-0.3, -0.25) is 9.78 Å². The van der Waals surface area contributed by atoms with Crippen LogP contribution in [0.25, 0.3) is 10.9 Å². The van der Waals surface area contributed by atoms with Gasteiger partial charge in [-0.15, -0.1) is 11.8 Å². The summed E-state index contributed by atoms with van der Waals surface area (Å²) in [6.45, 7) is 0. The Balaban J connectivity index is 2.54. The van der Waals surface area contributed by atoms with Crippen molar-refractivity contribution in [3.05, 3.63) is 36.0 Å². The number of para-hydroxylation sites is 1. The summed E-state index contributed by atoms with van der Waals surface area (Å²) in [6, 6.07) is 5.26. The second kappa shape index (κ2) is 5.08. The van der Waals surface area contributed by atoms with Gasteiger partial charge in [-0.25, -0.2) is 0 Å². The van der Waals surface area contributed by atoms with Crippen molar-refractivity contribution in [1.82, 2.24) is 4.98 Å². The highest BCUT2D eigenvalue weighted by Gasteiger charge is 2.33. The molecular weight excluding hydrogens is 279 g/mol. The first-order valence-electron chi connectivity index (χ1n) is 5.19. The molecule has 0 aliphatic rings. The number of hydrogen-bond acceptors (Lipinski definition) is 3. The van der Waals surface area contributed by atoms with Gasteiger partial charge in [-0.05, 0) is 12.1 Å². The molecule has 0 radical (unpaired) electrons. The van der Waals surface area contributed by atoms with E-state index in [1.54, 1.807) is 0 Å². The van der Waals surface area contributed by atoms with Gasteiger partial charge in [0.15, 0.2) is 0 Å². The molecule has 2 rings (SSSR count). The van der Waals surface area contributed by atoms with E-state index in [4.69, 9.17) is 5.11 Å². The molecule has 0 atom stereocenters. The van der Waals surface area contributed by atoms with E-state index in [0.717, 1.165) is 17.8 Å². The zero-order chi connectivity index (χ0) is 14.0. The van der Waals surface area contributed by atoms with Crippen LogP contribution in [-0.2, 0) is 11.0 Å². The number of carbonyl (C=O) groups is 1. The predicted octanol–water partition coefficient (Wildman–Crippen LogP) is 3.43. The van der Waals surface area contributed by atoms with Gasteiger partial charge in [-0.1, -0.05) is 12.1 Å². The molecule has 2 aromatic rings. The molecule has 0 amide bonds. The standard InChI is InChI=1S/C12H8F3NO2S/c13-12(14,15)8-3-1-2-7-9(19-6-10(17)18)4-5-16-11(7)8/h1-5H,6H2,(H,17,18). The third-order valence-electron chi connectivity index (χ3n) is 2.39. The number of aromatic nitrogens is 1. The second-order valence-corrected chi connectivity index (χ2v) is 4.71. The van der Waals surface area contributed by atoms with Crippen LogP contribution < -0.4 is 0 Å². The average molecular weight is 287 g/mol. The van der Waals surface area contributed by atoms with Gasteiger partial charge >= 0.3 is 12.1 Å². The van der Waals surface area contributed by atoms with Gasteiger partial charge in [0.1, 0.15) is 0 Å². The summed E-state index contributed by atoms with van der Waals surface area (Å²) >= 11 is 0.970. The number of pyridine rings is 1. The Hall–Kier alpha value is -1.76. The highest BCUT2D eigenvalue weighted by Crippen LogP contribution is 2.36. The predicted molar refractivity (Wildman–Crippen MR) is 65.1 cm³/mol. The smallest absolute Gasteiger partial charge is 0.418 e. The number of hydrogen-bond donors (Lipinski definition) is 1. The number of halogens is 3. The van der Waals surface area contributed by atoms with E-state index in [2.05, 4.69) is 4.98 Å². The molecular formula is C12H8F3NO2S. The molecule has 7 heteroatoms. The van der Waals surface area contributed by atoms with E-state index >= 15 is 0 Å². The molecule has 0 spiro atoms. The number of nitrogens with zero attached hydrogens (tertiary/aromatic N) is 1. The van der Waals surface area contributed by atoms with Crippen LogP contribution in [0.4, 0.5) is 13.2 Å². The third kappa shape index (κ3) is 2.98. The number of carboxylic acids is 1. The summed E-state index contributed by atoms with van der Waals surface area (Å²) < 4.78 is 38.5. The molecule has 1 N–H and O–H groups in total.